The Morgan fingerprint density at radius 2 is 2.39 bits per heavy atom. The normalized spacial score (nSPS) is 23.2. The SMILES string of the molecule is Cc1nc(Br)cnc1OC1CCN(C(=O)O)C1C. The molecular weight excluding hydrogens is 302 g/mol. The lowest BCUT2D eigenvalue weighted by Crippen LogP contribution is -2.38. The number of likely N-dealkylation sites (tertiary alicyclic amines) is 1. The van der Waals surface area contributed by atoms with Gasteiger partial charge >= 0.3 is 6.09 Å². The molecule has 1 fully saturated rings. The molecule has 0 radical (unpaired) electrons. The molecule has 1 amide bonds. The van der Waals surface area contributed by atoms with E-state index in [-0.39, 0.29) is 12.1 Å². The molecule has 1 aliphatic heterocycles. The quantitative estimate of drug-likeness (QED) is 0.904. The van der Waals surface area contributed by atoms with Crippen molar-refractivity contribution in [3.63, 3.8) is 0 Å². The third kappa shape index (κ3) is 2.55. The lowest BCUT2D eigenvalue weighted by atomic mass is 10.2. The van der Waals surface area contributed by atoms with Crippen LogP contribution in [-0.2, 0) is 0 Å². The summed E-state index contributed by atoms with van der Waals surface area (Å²) >= 11 is 3.23. The van der Waals surface area contributed by atoms with Crippen molar-refractivity contribution in [1.82, 2.24) is 14.9 Å². The lowest BCUT2D eigenvalue weighted by Gasteiger charge is -2.22. The summed E-state index contributed by atoms with van der Waals surface area (Å²) < 4.78 is 6.41. The molecular formula is C11H14BrN3O3. The zero-order valence-electron chi connectivity index (χ0n) is 10.1. The highest BCUT2D eigenvalue weighted by molar-refractivity contribution is 9.10. The topological polar surface area (TPSA) is 75.6 Å². The Balaban J connectivity index is 2.09. The van der Waals surface area contributed by atoms with Crippen LogP contribution in [0.3, 0.4) is 0 Å². The van der Waals surface area contributed by atoms with E-state index in [9.17, 15) is 4.79 Å². The van der Waals surface area contributed by atoms with Gasteiger partial charge in [-0.2, -0.15) is 0 Å². The summed E-state index contributed by atoms with van der Waals surface area (Å²) in [7, 11) is 0. The van der Waals surface area contributed by atoms with Crippen LogP contribution in [0.15, 0.2) is 10.8 Å². The number of amides is 1. The van der Waals surface area contributed by atoms with Crippen molar-refractivity contribution in [3.8, 4) is 5.88 Å². The average Bonchev–Trinajstić information content (AvgIpc) is 2.64. The molecule has 6 nitrogen and oxygen atoms in total. The summed E-state index contributed by atoms with van der Waals surface area (Å²) in [4.78, 5) is 20.7. The molecule has 0 aliphatic carbocycles. The number of nitrogens with zero attached hydrogens (tertiary/aromatic N) is 3. The molecule has 0 bridgehead atoms. The fourth-order valence-electron chi connectivity index (χ4n) is 2.04. The molecule has 0 aromatic carbocycles. The minimum Gasteiger partial charge on any atom is -0.471 e. The Labute approximate surface area is 113 Å². The third-order valence-corrected chi connectivity index (χ3v) is 3.45. The van der Waals surface area contributed by atoms with Crippen molar-refractivity contribution in [2.75, 3.05) is 6.54 Å². The second-order valence-electron chi connectivity index (χ2n) is 4.24. The number of hydrogen-bond acceptors (Lipinski definition) is 4. The zero-order valence-corrected chi connectivity index (χ0v) is 11.7. The Hall–Kier alpha value is -1.37. The number of hydrogen-bond donors (Lipinski definition) is 1. The largest absolute Gasteiger partial charge is 0.471 e. The van der Waals surface area contributed by atoms with Crippen LogP contribution in [0.25, 0.3) is 0 Å². The number of aryl methyl sites for hydroxylation is 1. The summed E-state index contributed by atoms with van der Waals surface area (Å²) in [6, 6.07) is -0.174. The van der Waals surface area contributed by atoms with Crippen LogP contribution in [0.1, 0.15) is 19.0 Å². The predicted octanol–water partition coefficient (Wildman–Crippen LogP) is 2.07. The molecule has 1 aliphatic rings. The van der Waals surface area contributed by atoms with Gasteiger partial charge in [-0.15, -0.1) is 0 Å². The Morgan fingerprint density at radius 3 is 2.94 bits per heavy atom. The first-order chi connectivity index (χ1) is 8.49. The average molecular weight is 316 g/mol. The van der Waals surface area contributed by atoms with E-state index in [0.29, 0.717) is 29.1 Å². The van der Waals surface area contributed by atoms with E-state index in [4.69, 9.17) is 9.84 Å². The van der Waals surface area contributed by atoms with Crippen molar-refractivity contribution in [2.45, 2.75) is 32.4 Å². The van der Waals surface area contributed by atoms with Gasteiger partial charge in [-0.05, 0) is 29.8 Å². The van der Waals surface area contributed by atoms with Crippen LogP contribution in [0.4, 0.5) is 4.79 Å². The van der Waals surface area contributed by atoms with E-state index in [1.54, 1.807) is 6.20 Å². The molecule has 98 valence electrons. The summed E-state index contributed by atoms with van der Waals surface area (Å²) in [5.41, 5.74) is 0.686. The maximum absolute atomic E-state index is 11.0. The van der Waals surface area contributed by atoms with Gasteiger partial charge in [-0.25, -0.2) is 14.8 Å². The third-order valence-electron chi connectivity index (χ3n) is 3.07. The first-order valence-electron chi connectivity index (χ1n) is 5.64. The maximum Gasteiger partial charge on any atom is 0.407 e. The van der Waals surface area contributed by atoms with E-state index < -0.39 is 6.09 Å². The number of carbonyl (C=O) groups is 1. The molecule has 18 heavy (non-hydrogen) atoms. The van der Waals surface area contributed by atoms with Crippen LogP contribution >= 0.6 is 15.9 Å². The zero-order chi connectivity index (χ0) is 13.3. The number of carboxylic acid groups (broad SMARTS) is 1. The Bertz CT molecular complexity index is 469. The summed E-state index contributed by atoms with van der Waals surface area (Å²) in [6.45, 7) is 4.14. The number of ether oxygens (including phenoxy) is 1. The highest BCUT2D eigenvalue weighted by Crippen LogP contribution is 2.24. The van der Waals surface area contributed by atoms with Gasteiger partial charge in [0.25, 0.3) is 0 Å². The van der Waals surface area contributed by atoms with Gasteiger partial charge in [0.1, 0.15) is 16.4 Å². The van der Waals surface area contributed by atoms with Crippen LogP contribution in [0.2, 0.25) is 0 Å². The van der Waals surface area contributed by atoms with Crippen molar-refractivity contribution < 1.29 is 14.6 Å². The first kappa shape index (κ1) is 13.1. The predicted molar refractivity (Wildman–Crippen MR) is 67.7 cm³/mol. The summed E-state index contributed by atoms with van der Waals surface area (Å²) in [6.07, 6.45) is 1.16. The molecule has 2 heterocycles. The van der Waals surface area contributed by atoms with Crippen LogP contribution in [0, 0.1) is 6.92 Å². The second-order valence-corrected chi connectivity index (χ2v) is 5.06. The number of rotatable bonds is 2. The minimum atomic E-state index is -0.910. The first-order valence-corrected chi connectivity index (χ1v) is 6.43. The van der Waals surface area contributed by atoms with Crippen molar-refractivity contribution in [2.24, 2.45) is 0 Å². The molecule has 0 saturated carbocycles. The second kappa shape index (κ2) is 5.09. The molecule has 1 aromatic heterocycles. The van der Waals surface area contributed by atoms with E-state index in [1.165, 1.54) is 4.90 Å². The van der Waals surface area contributed by atoms with Crippen LogP contribution in [-0.4, -0.2) is 44.8 Å². The molecule has 1 N–H and O–H groups in total. The van der Waals surface area contributed by atoms with Crippen molar-refractivity contribution in [3.05, 3.63) is 16.5 Å². The fraction of sp³-hybridized carbons (Fsp3) is 0.545. The number of aromatic nitrogens is 2. The van der Waals surface area contributed by atoms with Crippen LogP contribution < -0.4 is 4.74 Å². The van der Waals surface area contributed by atoms with Gasteiger partial charge in [0.05, 0.1) is 12.2 Å². The highest BCUT2D eigenvalue weighted by atomic mass is 79.9. The molecule has 1 aromatic rings. The molecule has 0 spiro atoms. The van der Waals surface area contributed by atoms with Gasteiger partial charge in [0, 0.05) is 13.0 Å². The molecule has 2 rings (SSSR count). The van der Waals surface area contributed by atoms with E-state index >= 15 is 0 Å². The molecule has 7 heteroatoms. The minimum absolute atomic E-state index is 0.171. The van der Waals surface area contributed by atoms with E-state index in [2.05, 4.69) is 25.9 Å². The van der Waals surface area contributed by atoms with Gasteiger partial charge in [0.2, 0.25) is 5.88 Å². The Morgan fingerprint density at radius 1 is 1.67 bits per heavy atom. The van der Waals surface area contributed by atoms with Gasteiger partial charge in [0.15, 0.2) is 0 Å². The van der Waals surface area contributed by atoms with Gasteiger partial charge in [-0.3, -0.25) is 0 Å². The number of halogens is 1. The summed E-state index contributed by atoms with van der Waals surface area (Å²) in [5.74, 6) is 0.460. The Kier molecular flexibility index (Phi) is 3.70. The van der Waals surface area contributed by atoms with Gasteiger partial charge < -0.3 is 14.7 Å². The monoisotopic (exact) mass is 315 g/mol. The lowest BCUT2D eigenvalue weighted by molar-refractivity contribution is 0.115. The smallest absolute Gasteiger partial charge is 0.407 e. The van der Waals surface area contributed by atoms with Crippen molar-refractivity contribution >= 4 is 22.0 Å². The summed E-state index contributed by atoms with van der Waals surface area (Å²) in [5, 5.41) is 8.99. The van der Waals surface area contributed by atoms with Crippen LogP contribution in [0.5, 0.6) is 5.88 Å². The van der Waals surface area contributed by atoms with E-state index in [0.717, 1.165) is 0 Å². The molecule has 1 saturated heterocycles. The van der Waals surface area contributed by atoms with E-state index in [1.807, 2.05) is 13.8 Å². The van der Waals surface area contributed by atoms with Gasteiger partial charge in [-0.1, -0.05) is 0 Å². The standard InChI is InChI=1S/C11H14BrN3O3/c1-6-10(13-5-9(12)14-6)18-8-3-4-15(7(8)2)11(16)17/h5,7-8H,3-4H2,1-2H3,(H,16,17). The molecule has 2 unspecified atom stereocenters. The highest BCUT2D eigenvalue weighted by Gasteiger charge is 2.35. The fourth-order valence-corrected chi connectivity index (χ4v) is 2.41. The molecule has 2 atom stereocenters. The maximum atomic E-state index is 11.0. The van der Waals surface area contributed by atoms with Crippen molar-refractivity contribution in [1.29, 1.82) is 0 Å².